The fourth-order valence-electron chi connectivity index (χ4n) is 6.11. The van der Waals surface area contributed by atoms with Crippen LogP contribution in [-0.2, 0) is 27.7 Å². The van der Waals surface area contributed by atoms with Gasteiger partial charge in [-0.3, -0.25) is 4.79 Å². The summed E-state index contributed by atoms with van der Waals surface area (Å²) in [6.45, 7) is 4.41. The molecule has 2 N–H and O–H groups in total. The number of benzene rings is 1. The summed E-state index contributed by atoms with van der Waals surface area (Å²) < 4.78 is 39.7. The molecular formula is C26H28F3NO4S. The fraction of sp³-hybridized carbons (Fsp3) is 0.462. The summed E-state index contributed by atoms with van der Waals surface area (Å²) in [5.74, 6) is -4.66. The first kappa shape index (κ1) is 25.3. The van der Waals surface area contributed by atoms with Crippen molar-refractivity contribution in [1.82, 2.24) is 4.90 Å². The average molecular weight is 508 g/mol. The summed E-state index contributed by atoms with van der Waals surface area (Å²) in [5, 5.41) is 22.9. The summed E-state index contributed by atoms with van der Waals surface area (Å²) in [6.07, 6.45) is -1.61. The van der Waals surface area contributed by atoms with Gasteiger partial charge in [-0.2, -0.15) is 13.2 Å². The number of thiophene rings is 1. The van der Waals surface area contributed by atoms with Crippen LogP contribution in [0.5, 0.6) is 0 Å². The fourth-order valence-corrected chi connectivity index (χ4v) is 7.06. The maximum atomic E-state index is 13.2. The van der Waals surface area contributed by atoms with Gasteiger partial charge in [0.25, 0.3) is 0 Å². The number of nitrogens with zero attached hydrogens (tertiary/aromatic N) is 1. The number of halogens is 3. The number of carboxylic acids is 2. The molecule has 0 fully saturated rings. The van der Waals surface area contributed by atoms with Crippen molar-refractivity contribution in [2.45, 2.75) is 63.6 Å². The van der Waals surface area contributed by atoms with Gasteiger partial charge in [-0.1, -0.05) is 38.8 Å². The Morgan fingerprint density at radius 2 is 1.80 bits per heavy atom. The monoisotopic (exact) mass is 507 g/mol. The van der Waals surface area contributed by atoms with E-state index in [2.05, 4.69) is 0 Å². The van der Waals surface area contributed by atoms with Crippen molar-refractivity contribution in [2.75, 3.05) is 6.54 Å². The first-order valence-corrected chi connectivity index (χ1v) is 12.7. The third-order valence-corrected chi connectivity index (χ3v) is 8.24. The first-order valence-electron chi connectivity index (χ1n) is 11.8. The van der Waals surface area contributed by atoms with Crippen LogP contribution in [0.15, 0.2) is 47.0 Å². The number of carbonyl (C=O) groups is 2. The number of hydrogen-bond acceptors (Lipinski definition) is 4. The maximum absolute atomic E-state index is 13.2. The summed E-state index contributed by atoms with van der Waals surface area (Å²) in [7, 11) is 0. The van der Waals surface area contributed by atoms with E-state index in [9.17, 15) is 33.0 Å². The molecule has 0 radical (unpaired) electrons. The Labute approximate surface area is 205 Å². The van der Waals surface area contributed by atoms with Gasteiger partial charge in [0.05, 0.1) is 22.6 Å². The summed E-state index contributed by atoms with van der Waals surface area (Å²) in [5.41, 5.74) is -0.101. The Morgan fingerprint density at radius 3 is 2.34 bits per heavy atom. The predicted octanol–water partition coefficient (Wildman–Crippen LogP) is 6.26. The third-order valence-electron chi connectivity index (χ3n) is 7.26. The molecule has 0 saturated carbocycles. The SMILES string of the molecule is CCCC1=C(C(=O)O)C(c2ccc(C(F)(F)F)cc2)C(C(=O)O)C2(CCC)c3ccsc3CCN12. The number of rotatable bonds is 7. The van der Waals surface area contributed by atoms with Crippen LogP contribution in [0.2, 0.25) is 0 Å². The standard InChI is InChI=1S/C26H28F3NO4S/c1-3-5-18-21(23(31)32)20(15-6-8-16(9-7-15)26(27,28)29)22(24(33)34)25(12-4-2)17-11-14-35-19(17)10-13-30(18)25/h6-9,11,14,20,22H,3-5,10,12-13H2,1-2H3,(H,31,32)(H,33,34). The van der Waals surface area contributed by atoms with E-state index >= 15 is 0 Å². The Hall–Kier alpha value is -2.81. The van der Waals surface area contributed by atoms with Crippen LogP contribution in [0.4, 0.5) is 13.2 Å². The van der Waals surface area contributed by atoms with Crippen LogP contribution in [0.25, 0.3) is 0 Å². The molecule has 35 heavy (non-hydrogen) atoms. The van der Waals surface area contributed by atoms with Crippen LogP contribution in [0.3, 0.4) is 0 Å². The Morgan fingerprint density at radius 1 is 1.11 bits per heavy atom. The number of fused-ring (bicyclic) bond motifs is 3. The van der Waals surface area contributed by atoms with Crippen molar-refractivity contribution in [3.63, 3.8) is 0 Å². The molecule has 2 aromatic rings. The lowest BCUT2D eigenvalue weighted by Crippen LogP contribution is -2.61. The van der Waals surface area contributed by atoms with Crippen molar-refractivity contribution in [3.8, 4) is 0 Å². The largest absolute Gasteiger partial charge is 0.481 e. The van der Waals surface area contributed by atoms with Crippen molar-refractivity contribution >= 4 is 23.3 Å². The number of hydrogen-bond donors (Lipinski definition) is 2. The molecule has 3 unspecified atom stereocenters. The molecule has 3 heterocycles. The molecule has 2 aliphatic heterocycles. The summed E-state index contributed by atoms with van der Waals surface area (Å²) in [4.78, 5) is 28.8. The van der Waals surface area contributed by atoms with Gasteiger partial charge in [0, 0.05) is 23.0 Å². The highest BCUT2D eigenvalue weighted by Crippen LogP contribution is 2.58. The molecule has 2 aliphatic rings. The minimum atomic E-state index is -4.55. The number of allylic oxidation sites excluding steroid dienone is 1. The molecule has 0 saturated heterocycles. The highest BCUT2D eigenvalue weighted by atomic mass is 32.1. The van der Waals surface area contributed by atoms with E-state index in [-0.39, 0.29) is 11.1 Å². The van der Waals surface area contributed by atoms with Gasteiger partial charge in [0.2, 0.25) is 0 Å². The van der Waals surface area contributed by atoms with E-state index in [1.54, 1.807) is 11.3 Å². The smallest absolute Gasteiger partial charge is 0.416 e. The molecular weight excluding hydrogens is 479 g/mol. The van der Waals surface area contributed by atoms with Crippen LogP contribution < -0.4 is 0 Å². The molecule has 1 aromatic heterocycles. The van der Waals surface area contributed by atoms with Gasteiger partial charge in [-0.05, 0) is 54.0 Å². The number of aliphatic carboxylic acids is 2. The lowest BCUT2D eigenvalue weighted by molar-refractivity contribution is -0.152. The van der Waals surface area contributed by atoms with Crippen molar-refractivity contribution in [3.05, 3.63) is 68.5 Å². The minimum absolute atomic E-state index is 0.0237. The predicted molar refractivity (Wildman–Crippen MR) is 126 cm³/mol. The second kappa shape index (κ2) is 9.33. The normalized spacial score (nSPS) is 24.2. The van der Waals surface area contributed by atoms with Gasteiger partial charge < -0.3 is 15.1 Å². The van der Waals surface area contributed by atoms with Crippen molar-refractivity contribution in [1.29, 1.82) is 0 Å². The lowest BCUT2D eigenvalue weighted by Gasteiger charge is -2.58. The molecule has 5 nitrogen and oxygen atoms in total. The van der Waals surface area contributed by atoms with E-state index in [4.69, 9.17) is 0 Å². The van der Waals surface area contributed by atoms with Crippen molar-refractivity contribution in [2.24, 2.45) is 5.92 Å². The Balaban J connectivity index is 2.05. The van der Waals surface area contributed by atoms with Gasteiger partial charge in [0.1, 0.15) is 0 Å². The molecule has 9 heteroatoms. The maximum Gasteiger partial charge on any atom is 0.416 e. The van der Waals surface area contributed by atoms with Gasteiger partial charge in [-0.25, -0.2) is 4.79 Å². The van der Waals surface area contributed by atoms with E-state index < -0.39 is 41.1 Å². The third kappa shape index (κ3) is 4.03. The zero-order valence-corrected chi connectivity index (χ0v) is 20.4. The van der Waals surface area contributed by atoms with E-state index in [0.29, 0.717) is 44.3 Å². The van der Waals surface area contributed by atoms with Crippen LogP contribution in [-0.4, -0.2) is 33.6 Å². The highest BCUT2D eigenvalue weighted by Gasteiger charge is 2.60. The van der Waals surface area contributed by atoms with Crippen LogP contribution in [0, 0.1) is 5.92 Å². The lowest BCUT2D eigenvalue weighted by atomic mass is 9.60. The number of alkyl halides is 3. The minimum Gasteiger partial charge on any atom is -0.481 e. The van der Waals surface area contributed by atoms with E-state index in [0.717, 1.165) is 22.6 Å². The van der Waals surface area contributed by atoms with Crippen molar-refractivity contribution < 1.29 is 33.0 Å². The molecule has 4 rings (SSSR count). The van der Waals surface area contributed by atoms with E-state index in [1.165, 1.54) is 12.1 Å². The molecule has 188 valence electrons. The second-order valence-electron chi connectivity index (χ2n) is 9.16. The molecule has 0 spiro atoms. The topological polar surface area (TPSA) is 77.8 Å². The zero-order valence-electron chi connectivity index (χ0n) is 19.6. The van der Waals surface area contributed by atoms with Crippen LogP contribution >= 0.6 is 11.3 Å². The quantitative estimate of drug-likeness (QED) is 0.463. The Bertz CT molecular complexity index is 1150. The van der Waals surface area contributed by atoms with Gasteiger partial charge >= 0.3 is 18.1 Å². The molecule has 0 aliphatic carbocycles. The zero-order chi connectivity index (χ0) is 25.5. The molecule has 1 aromatic carbocycles. The summed E-state index contributed by atoms with van der Waals surface area (Å²) in [6, 6.07) is 6.23. The van der Waals surface area contributed by atoms with Gasteiger partial charge in [0.15, 0.2) is 0 Å². The van der Waals surface area contributed by atoms with E-state index in [1.807, 2.05) is 30.2 Å². The highest BCUT2D eigenvalue weighted by molar-refractivity contribution is 7.10. The summed E-state index contributed by atoms with van der Waals surface area (Å²) >= 11 is 1.57. The molecule has 0 amide bonds. The molecule has 0 bridgehead atoms. The average Bonchev–Trinajstić information content (AvgIpc) is 3.28. The Kier molecular flexibility index (Phi) is 6.74. The first-order chi connectivity index (χ1) is 16.6. The van der Waals surface area contributed by atoms with Gasteiger partial charge in [-0.15, -0.1) is 11.3 Å². The van der Waals surface area contributed by atoms with Crippen LogP contribution in [0.1, 0.15) is 67.0 Å². The number of carboxylic acid groups (broad SMARTS) is 2. The second-order valence-corrected chi connectivity index (χ2v) is 10.2. The molecule has 3 atom stereocenters.